The predicted molar refractivity (Wildman–Crippen MR) is 73.6 cm³/mol. The van der Waals surface area contributed by atoms with Crippen LogP contribution in [0.25, 0.3) is 0 Å². The zero-order valence-corrected chi connectivity index (χ0v) is 11.5. The van der Waals surface area contributed by atoms with Crippen molar-refractivity contribution in [3.8, 4) is 0 Å². The molecular formula is C14H20FN3O. The lowest BCUT2D eigenvalue weighted by Gasteiger charge is -2.36. The van der Waals surface area contributed by atoms with Gasteiger partial charge in [0.15, 0.2) is 0 Å². The molecule has 104 valence electrons. The second kappa shape index (κ2) is 5.17. The van der Waals surface area contributed by atoms with E-state index in [1.165, 1.54) is 6.07 Å². The first-order valence-corrected chi connectivity index (χ1v) is 6.51. The van der Waals surface area contributed by atoms with E-state index in [-0.39, 0.29) is 23.8 Å². The first-order valence-electron chi connectivity index (χ1n) is 6.51. The molecule has 1 amide bonds. The highest BCUT2D eigenvalue weighted by Crippen LogP contribution is 2.30. The van der Waals surface area contributed by atoms with E-state index in [9.17, 15) is 9.18 Å². The highest BCUT2D eigenvalue weighted by molar-refractivity contribution is 5.86. The highest BCUT2D eigenvalue weighted by atomic mass is 19.1. The Kier molecular flexibility index (Phi) is 3.75. The Morgan fingerprint density at radius 1 is 1.53 bits per heavy atom. The summed E-state index contributed by atoms with van der Waals surface area (Å²) in [4.78, 5) is 13.7. The van der Waals surface area contributed by atoms with Gasteiger partial charge in [0.25, 0.3) is 0 Å². The predicted octanol–water partition coefficient (Wildman–Crippen LogP) is 1.48. The van der Waals surface area contributed by atoms with Crippen molar-refractivity contribution in [3.05, 3.63) is 29.1 Å². The van der Waals surface area contributed by atoms with Crippen molar-refractivity contribution in [3.63, 3.8) is 0 Å². The lowest BCUT2D eigenvalue weighted by atomic mass is 10.0. The van der Waals surface area contributed by atoms with Crippen LogP contribution in [0.15, 0.2) is 12.1 Å². The number of carbonyl (C=O) groups excluding carboxylic acids is 1. The third-order valence-corrected chi connectivity index (χ3v) is 3.61. The lowest BCUT2D eigenvalue weighted by Crippen LogP contribution is -2.54. The molecule has 3 N–H and O–H groups in total. The zero-order valence-electron chi connectivity index (χ0n) is 11.5. The number of piperazine rings is 1. The second-order valence-electron chi connectivity index (χ2n) is 5.11. The van der Waals surface area contributed by atoms with Gasteiger partial charge in [-0.05, 0) is 44.0 Å². The molecule has 1 aliphatic rings. The number of anilines is 1. The molecule has 1 heterocycles. The first-order chi connectivity index (χ1) is 8.91. The normalized spacial score (nSPS) is 21.2. The maximum atomic E-state index is 13.7. The molecule has 0 bridgehead atoms. The molecule has 1 unspecified atom stereocenters. The number of carbonyl (C=O) groups is 1. The molecule has 4 nitrogen and oxygen atoms in total. The van der Waals surface area contributed by atoms with Crippen molar-refractivity contribution < 1.29 is 9.18 Å². The second-order valence-corrected chi connectivity index (χ2v) is 5.11. The summed E-state index contributed by atoms with van der Waals surface area (Å²) >= 11 is 0. The topological polar surface area (TPSA) is 58.4 Å². The molecule has 1 fully saturated rings. The minimum atomic E-state index is -0.276. The number of amides is 1. The van der Waals surface area contributed by atoms with Gasteiger partial charge in [0, 0.05) is 24.8 Å². The Labute approximate surface area is 112 Å². The molecule has 1 aliphatic heterocycles. The van der Waals surface area contributed by atoms with E-state index in [1.54, 1.807) is 13.0 Å². The molecule has 0 saturated carbocycles. The molecule has 5 heteroatoms. The molecule has 2 atom stereocenters. The maximum Gasteiger partial charge on any atom is 0.242 e. The minimum absolute atomic E-state index is 0.0103. The van der Waals surface area contributed by atoms with E-state index >= 15 is 0 Å². The van der Waals surface area contributed by atoms with Gasteiger partial charge in [0.1, 0.15) is 11.9 Å². The fourth-order valence-electron chi connectivity index (χ4n) is 2.41. The number of nitrogens with zero attached hydrogens (tertiary/aromatic N) is 1. The lowest BCUT2D eigenvalue weighted by molar-refractivity contribution is -0.122. The Bertz CT molecular complexity index is 502. The molecule has 1 aromatic rings. The number of nitrogens with one attached hydrogen (secondary N) is 1. The molecule has 1 saturated heterocycles. The number of rotatable bonds is 2. The molecule has 1 aromatic carbocycles. The summed E-state index contributed by atoms with van der Waals surface area (Å²) in [6.07, 6.45) is 0. The quantitative estimate of drug-likeness (QED) is 0.851. The molecule has 2 rings (SSSR count). The zero-order chi connectivity index (χ0) is 14.2. The summed E-state index contributed by atoms with van der Waals surface area (Å²) < 4.78 is 13.7. The average Bonchev–Trinajstić information content (AvgIpc) is 2.35. The van der Waals surface area contributed by atoms with Crippen molar-refractivity contribution in [2.75, 3.05) is 18.0 Å². The molecule has 0 aromatic heterocycles. The van der Waals surface area contributed by atoms with Crippen LogP contribution >= 0.6 is 0 Å². The van der Waals surface area contributed by atoms with Crippen molar-refractivity contribution in [2.45, 2.75) is 32.9 Å². The largest absolute Gasteiger partial charge is 0.358 e. The number of nitrogens with two attached hydrogens (primary N) is 1. The summed E-state index contributed by atoms with van der Waals surface area (Å²) in [5, 5.41) is 2.82. The first kappa shape index (κ1) is 13.8. The van der Waals surface area contributed by atoms with Gasteiger partial charge in [-0.1, -0.05) is 0 Å². The van der Waals surface area contributed by atoms with Crippen molar-refractivity contribution in [2.24, 2.45) is 5.73 Å². The van der Waals surface area contributed by atoms with E-state index in [2.05, 4.69) is 5.32 Å². The smallest absolute Gasteiger partial charge is 0.242 e. The van der Waals surface area contributed by atoms with Crippen LogP contribution in [-0.2, 0) is 4.79 Å². The summed E-state index contributed by atoms with van der Waals surface area (Å²) in [7, 11) is 0. The standard InChI is InChI=1S/C14H20FN3O/c1-8-6-13(11(9(2)16)7-12(8)15)18-5-4-17-14(19)10(18)3/h6-7,9-10H,4-5,16H2,1-3H3,(H,17,19)/t9-,10?/m0/s1. The summed E-state index contributed by atoms with van der Waals surface area (Å²) in [6.45, 7) is 6.69. The number of benzene rings is 1. The third-order valence-electron chi connectivity index (χ3n) is 3.61. The van der Waals surface area contributed by atoms with E-state index in [1.807, 2.05) is 18.7 Å². The minimum Gasteiger partial charge on any atom is -0.358 e. The number of halogens is 1. The SMILES string of the molecule is Cc1cc(N2CCNC(=O)C2C)c([C@H](C)N)cc1F. The van der Waals surface area contributed by atoms with Gasteiger partial charge in [-0.15, -0.1) is 0 Å². The van der Waals surface area contributed by atoms with Gasteiger partial charge in [0.05, 0.1) is 0 Å². The highest BCUT2D eigenvalue weighted by Gasteiger charge is 2.28. The van der Waals surface area contributed by atoms with Crippen LogP contribution in [0.3, 0.4) is 0 Å². The van der Waals surface area contributed by atoms with E-state index in [4.69, 9.17) is 5.73 Å². The monoisotopic (exact) mass is 265 g/mol. The van der Waals surface area contributed by atoms with Crippen molar-refractivity contribution in [1.82, 2.24) is 5.32 Å². The van der Waals surface area contributed by atoms with Gasteiger partial charge in [-0.25, -0.2) is 4.39 Å². The molecule has 0 spiro atoms. The van der Waals surface area contributed by atoms with E-state index in [0.717, 1.165) is 11.3 Å². The van der Waals surface area contributed by atoms with Gasteiger partial charge in [-0.3, -0.25) is 4.79 Å². The number of aryl methyl sites for hydroxylation is 1. The van der Waals surface area contributed by atoms with Crippen LogP contribution in [0.2, 0.25) is 0 Å². The summed E-state index contributed by atoms with van der Waals surface area (Å²) in [6, 6.07) is 2.72. The maximum absolute atomic E-state index is 13.7. The number of hydrogen-bond acceptors (Lipinski definition) is 3. The Balaban J connectivity index is 2.48. The van der Waals surface area contributed by atoms with Gasteiger partial charge < -0.3 is 16.0 Å². The van der Waals surface area contributed by atoms with Crippen LogP contribution in [0.5, 0.6) is 0 Å². The van der Waals surface area contributed by atoms with E-state index in [0.29, 0.717) is 18.7 Å². The molecule has 0 radical (unpaired) electrons. The third kappa shape index (κ3) is 2.56. The van der Waals surface area contributed by atoms with Crippen LogP contribution in [0, 0.1) is 12.7 Å². The average molecular weight is 265 g/mol. The molecule has 0 aliphatic carbocycles. The van der Waals surface area contributed by atoms with Gasteiger partial charge in [0.2, 0.25) is 5.91 Å². The Hall–Kier alpha value is -1.62. The van der Waals surface area contributed by atoms with Crippen LogP contribution in [-0.4, -0.2) is 25.0 Å². The fraction of sp³-hybridized carbons (Fsp3) is 0.500. The number of hydrogen-bond donors (Lipinski definition) is 2. The van der Waals surface area contributed by atoms with E-state index < -0.39 is 0 Å². The van der Waals surface area contributed by atoms with Crippen molar-refractivity contribution in [1.29, 1.82) is 0 Å². The fourth-order valence-corrected chi connectivity index (χ4v) is 2.41. The van der Waals surface area contributed by atoms with Crippen LogP contribution in [0.1, 0.15) is 31.0 Å². The van der Waals surface area contributed by atoms with Crippen molar-refractivity contribution >= 4 is 11.6 Å². The van der Waals surface area contributed by atoms with Crippen LogP contribution < -0.4 is 16.0 Å². The Morgan fingerprint density at radius 3 is 2.84 bits per heavy atom. The molecular weight excluding hydrogens is 245 g/mol. The summed E-state index contributed by atoms with van der Waals surface area (Å²) in [5.41, 5.74) is 8.09. The molecule has 19 heavy (non-hydrogen) atoms. The summed E-state index contributed by atoms with van der Waals surface area (Å²) in [5.74, 6) is -0.269. The van der Waals surface area contributed by atoms with Crippen LogP contribution in [0.4, 0.5) is 10.1 Å². The van der Waals surface area contributed by atoms with Gasteiger partial charge >= 0.3 is 0 Å². The van der Waals surface area contributed by atoms with Gasteiger partial charge in [-0.2, -0.15) is 0 Å². The Morgan fingerprint density at radius 2 is 2.21 bits per heavy atom.